The maximum Gasteiger partial charge on any atom is 0.264 e. The van der Waals surface area contributed by atoms with Crippen LogP contribution < -0.4 is 14.4 Å². The maximum atomic E-state index is 13.8. The molecule has 2 amide bonds. The second kappa shape index (κ2) is 12.4. The minimum absolute atomic E-state index is 0.0487. The number of sulfonamides is 1. The highest BCUT2D eigenvalue weighted by Gasteiger charge is 2.32. The molecule has 9 heteroatoms. The summed E-state index contributed by atoms with van der Waals surface area (Å²) in [5.41, 5.74) is 2.13. The number of methoxy groups -OCH3 is 1. The van der Waals surface area contributed by atoms with Crippen molar-refractivity contribution < 1.29 is 22.7 Å². The topological polar surface area (TPSA) is 96.0 Å². The third-order valence-electron chi connectivity index (χ3n) is 5.91. The van der Waals surface area contributed by atoms with Gasteiger partial charge in [-0.15, -0.1) is 0 Å². The van der Waals surface area contributed by atoms with Crippen LogP contribution >= 0.6 is 0 Å². The molecule has 37 heavy (non-hydrogen) atoms. The van der Waals surface area contributed by atoms with E-state index in [1.165, 1.54) is 24.1 Å². The van der Waals surface area contributed by atoms with Crippen molar-refractivity contribution in [3.05, 3.63) is 90.0 Å². The minimum Gasteiger partial charge on any atom is -0.497 e. The van der Waals surface area contributed by atoms with Gasteiger partial charge in [-0.25, -0.2) is 8.42 Å². The summed E-state index contributed by atoms with van der Waals surface area (Å²) in [5.74, 6) is -0.379. The second-order valence-electron chi connectivity index (χ2n) is 8.61. The predicted molar refractivity (Wildman–Crippen MR) is 144 cm³/mol. The zero-order chi connectivity index (χ0) is 27.0. The van der Waals surface area contributed by atoms with Crippen LogP contribution in [0.3, 0.4) is 0 Å². The van der Waals surface area contributed by atoms with E-state index in [0.717, 1.165) is 15.4 Å². The van der Waals surface area contributed by atoms with Crippen LogP contribution in [0.1, 0.15) is 25.0 Å². The minimum atomic E-state index is -4.11. The zero-order valence-electron chi connectivity index (χ0n) is 21.5. The van der Waals surface area contributed by atoms with Crippen LogP contribution in [-0.4, -0.2) is 51.4 Å². The van der Waals surface area contributed by atoms with Crippen molar-refractivity contribution in [2.45, 2.75) is 38.3 Å². The van der Waals surface area contributed by atoms with Gasteiger partial charge in [-0.3, -0.25) is 13.9 Å². The van der Waals surface area contributed by atoms with Crippen LogP contribution in [0.2, 0.25) is 0 Å². The number of rotatable bonds is 11. The van der Waals surface area contributed by atoms with E-state index in [-0.39, 0.29) is 23.0 Å². The standard InChI is InChI=1S/C28H33N3O5S/c1-5-29-28(33)22(3)30(19-23-12-9-11-21(2)17-23)27(32)20-31(24-13-10-14-25(18-24)36-4)37(34,35)26-15-7-6-8-16-26/h6-18,22H,5,19-20H2,1-4H3,(H,29,33)/t22-/m0/s1. The molecule has 1 atom stereocenters. The number of nitrogens with zero attached hydrogens (tertiary/aromatic N) is 2. The van der Waals surface area contributed by atoms with Crippen LogP contribution in [0.4, 0.5) is 5.69 Å². The molecule has 8 nitrogen and oxygen atoms in total. The average molecular weight is 524 g/mol. The van der Waals surface area contributed by atoms with Gasteiger partial charge in [0.25, 0.3) is 10.0 Å². The Bertz CT molecular complexity index is 1330. The molecule has 0 heterocycles. The summed E-state index contributed by atoms with van der Waals surface area (Å²) in [4.78, 5) is 28.0. The van der Waals surface area contributed by atoms with Gasteiger partial charge in [-0.05, 0) is 50.6 Å². The van der Waals surface area contributed by atoms with Crippen LogP contribution in [0, 0.1) is 6.92 Å². The van der Waals surface area contributed by atoms with Gasteiger partial charge in [0.05, 0.1) is 17.7 Å². The maximum absolute atomic E-state index is 13.8. The fourth-order valence-corrected chi connectivity index (χ4v) is 5.35. The number of likely N-dealkylation sites (N-methyl/N-ethyl adjacent to an activating group) is 1. The first-order valence-corrected chi connectivity index (χ1v) is 13.5. The molecule has 0 radical (unpaired) electrons. The van der Waals surface area contributed by atoms with Crippen molar-refractivity contribution in [2.75, 3.05) is 24.5 Å². The molecule has 0 saturated heterocycles. The molecule has 0 saturated carbocycles. The quantitative estimate of drug-likeness (QED) is 0.413. The van der Waals surface area contributed by atoms with E-state index in [0.29, 0.717) is 12.3 Å². The lowest BCUT2D eigenvalue weighted by Gasteiger charge is -2.32. The Balaban J connectivity index is 2.04. The van der Waals surface area contributed by atoms with Gasteiger partial charge in [0.15, 0.2) is 0 Å². The molecular weight excluding hydrogens is 490 g/mol. The molecule has 0 fully saturated rings. The first kappa shape index (κ1) is 27.7. The van der Waals surface area contributed by atoms with Crippen LogP contribution in [-0.2, 0) is 26.2 Å². The Morgan fingerprint density at radius 1 is 0.973 bits per heavy atom. The lowest BCUT2D eigenvalue weighted by molar-refractivity contribution is -0.139. The summed E-state index contributed by atoms with van der Waals surface area (Å²) in [6, 6.07) is 21.3. The summed E-state index contributed by atoms with van der Waals surface area (Å²) < 4.78 is 33.8. The van der Waals surface area contributed by atoms with Gasteiger partial charge in [0.1, 0.15) is 18.3 Å². The molecular formula is C28H33N3O5S. The summed E-state index contributed by atoms with van der Waals surface area (Å²) in [7, 11) is -2.63. The SMILES string of the molecule is CCNC(=O)[C@H](C)N(Cc1cccc(C)c1)C(=O)CN(c1cccc(OC)c1)S(=O)(=O)c1ccccc1. The van der Waals surface area contributed by atoms with Crippen molar-refractivity contribution >= 4 is 27.5 Å². The van der Waals surface area contributed by atoms with Crippen molar-refractivity contribution in [1.82, 2.24) is 10.2 Å². The lowest BCUT2D eigenvalue weighted by Crippen LogP contribution is -2.51. The largest absolute Gasteiger partial charge is 0.497 e. The van der Waals surface area contributed by atoms with Gasteiger partial charge >= 0.3 is 0 Å². The van der Waals surface area contributed by atoms with E-state index >= 15 is 0 Å². The van der Waals surface area contributed by atoms with E-state index in [1.807, 2.05) is 31.2 Å². The zero-order valence-corrected chi connectivity index (χ0v) is 22.4. The molecule has 0 spiro atoms. The van der Waals surface area contributed by atoms with E-state index < -0.39 is 28.5 Å². The fraction of sp³-hybridized carbons (Fsp3) is 0.286. The van der Waals surface area contributed by atoms with E-state index in [9.17, 15) is 18.0 Å². The number of ether oxygens (including phenoxy) is 1. The highest BCUT2D eigenvalue weighted by atomic mass is 32.2. The van der Waals surface area contributed by atoms with Gasteiger partial charge in [0, 0.05) is 19.2 Å². The summed E-state index contributed by atoms with van der Waals surface area (Å²) in [6.45, 7) is 5.44. The highest BCUT2D eigenvalue weighted by molar-refractivity contribution is 7.92. The number of anilines is 1. The average Bonchev–Trinajstić information content (AvgIpc) is 2.90. The molecule has 3 rings (SSSR count). The van der Waals surface area contributed by atoms with Crippen molar-refractivity contribution in [1.29, 1.82) is 0 Å². The molecule has 1 N–H and O–H groups in total. The summed E-state index contributed by atoms with van der Waals surface area (Å²) in [5, 5.41) is 2.75. The smallest absolute Gasteiger partial charge is 0.264 e. The van der Waals surface area contributed by atoms with Gasteiger partial charge in [0.2, 0.25) is 11.8 Å². The molecule has 3 aromatic rings. The summed E-state index contributed by atoms with van der Waals surface area (Å²) in [6.07, 6.45) is 0. The predicted octanol–water partition coefficient (Wildman–Crippen LogP) is 3.75. The molecule has 0 aromatic heterocycles. The monoisotopic (exact) mass is 523 g/mol. The van der Waals surface area contributed by atoms with Gasteiger partial charge < -0.3 is 15.0 Å². The number of hydrogen-bond donors (Lipinski definition) is 1. The molecule has 3 aromatic carbocycles. The molecule has 0 aliphatic heterocycles. The number of nitrogens with one attached hydrogen (secondary N) is 1. The number of carbonyl (C=O) groups excluding carboxylic acids is 2. The first-order valence-electron chi connectivity index (χ1n) is 12.0. The van der Waals surface area contributed by atoms with Gasteiger partial charge in [-0.2, -0.15) is 0 Å². The van der Waals surface area contributed by atoms with Crippen molar-refractivity contribution in [3.8, 4) is 5.75 Å². The second-order valence-corrected chi connectivity index (χ2v) is 10.5. The van der Waals surface area contributed by atoms with E-state index in [1.54, 1.807) is 56.3 Å². The Hall–Kier alpha value is -3.85. The normalized spacial score (nSPS) is 11.9. The number of aryl methyl sites for hydroxylation is 1. The lowest BCUT2D eigenvalue weighted by atomic mass is 10.1. The fourth-order valence-electron chi connectivity index (χ4n) is 3.93. The van der Waals surface area contributed by atoms with Crippen LogP contribution in [0.5, 0.6) is 5.75 Å². The Kier molecular flexibility index (Phi) is 9.30. The third kappa shape index (κ3) is 6.89. The van der Waals surface area contributed by atoms with Crippen LogP contribution in [0.25, 0.3) is 0 Å². The van der Waals surface area contributed by atoms with E-state index in [2.05, 4.69) is 5.32 Å². The number of hydrogen-bond acceptors (Lipinski definition) is 5. The third-order valence-corrected chi connectivity index (χ3v) is 7.69. The molecule has 0 aliphatic carbocycles. The van der Waals surface area contributed by atoms with Crippen molar-refractivity contribution in [2.24, 2.45) is 0 Å². The van der Waals surface area contributed by atoms with Gasteiger partial charge in [-0.1, -0.05) is 54.1 Å². The molecule has 0 aliphatic rings. The highest BCUT2D eigenvalue weighted by Crippen LogP contribution is 2.27. The molecule has 0 bridgehead atoms. The summed E-state index contributed by atoms with van der Waals surface area (Å²) >= 11 is 0. The first-order chi connectivity index (χ1) is 17.7. The van der Waals surface area contributed by atoms with Crippen LogP contribution in [0.15, 0.2) is 83.8 Å². The Morgan fingerprint density at radius 3 is 2.32 bits per heavy atom. The van der Waals surface area contributed by atoms with E-state index in [4.69, 9.17) is 4.74 Å². The number of benzene rings is 3. The Morgan fingerprint density at radius 2 is 1.68 bits per heavy atom. The Labute approximate surface area is 218 Å². The van der Waals surface area contributed by atoms with Crippen molar-refractivity contribution in [3.63, 3.8) is 0 Å². The molecule has 0 unspecified atom stereocenters. The number of carbonyl (C=O) groups is 2. The molecule has 196 valence electrons. The number of amides is 2.